The minimum absolute atomic E-state index is 0.0133. The molecule has 1 rings (SSSR count). The highest BCUT2D eigenvalue weighted by Gasteiger charge is 2.51. The number of carbonyl (C=O) groups excluding carboxylic acids is 2. The lowest BCUT2D eigenvalue weighted by Crippen LogP contribution is -2.64. The van der Waals surface area contributed by atoms with Crippen LogP contribution in [-0.2, 0) is 32.7 Å². The molecule has 0 radical (unpaired) electrons. The predicted molar refractivity (Wildman–Crippen MR) is 259 cm³/mol. The number of esters is 2. The third kappa shape index (κ3) is 31.0. The zero-order valence-electron chi connectivity index (χ0n) is 38.8. The molecular formula is C51H77O14P. The minimum atomic E-state index is -5.17. The van der Waals surface area contributed by atoms with Crippen LogP contribution in [0.2, 0.25) is 0 Å². The van der Waals surface area contributed by atoms with Crippen molar-refractivity contribution in [2.45, 2.75) is 159 Å². The SMILES string of the molecule is CC/C=C\C/C=C\C/C=C\C/C=C\C/C=C\C/C=C\CCC(=O)OC[C@H](COP(=O)(O)OC1[C@H](O)[C@H](O)C(O)[C@H](O)[C@H]1O)OC(=O)CCC/C=C\C/C=C\C/C=C\C/C=C\C=C\[C@H](O)CC. The summed E-state index contributed by atoms with van der Waals surface area (Å²) in [6, 6.07) is 0. The van der Waals surface area contributed by atoms with Crippen molar-refractivity contribution in [3.05, 3.63) is 134 Å². The van der Waals surface area contributed by atoms with Crippen molar-refractivity contribution in [2.75, 3.05) is 13.2 Å². The fraction of sp³-hybridized carbons (Fsp3) is 0.529. The Kier molecular flexibility index (Phi) is 35.4. The molecule has 0 aromatic carbocycles. The molecule has 9 atom stereocenters. The number of unbranched alkanes of at least 4 members (excludes halogenated alkanes) is 1. The quantitative estimate of drug-likeness (QED) is 0.0105. The van der Waals surface area contributed by atoms with E-state index in [1.54, 1.807) is 6.08 Å². The molecule has 15 heteroatoms. The van der Waals surface area contributed by atoms with Gasteiger partial charge in [-0.1, -0.05) is 148 Å². The number of ether oxygens (including phenoxy) is 2. The monoisotopic (exact) mass is 945 g/mol. The van der Waals surface area contributed by atoms with Gasteiger partial charge >= 0.3 is 19.8 Å². The molecule has 1 saturated carbocycles. The maximum Gasteiger partial charge on any atom is 0.472 e. The summed E-state index contributed by atoms with van der Waals surface area (Å²) < 4.78 is 33.4. The van der Waals surface area contributed by atoms with Gasteiger partial charge in [0.05, 0.1) is 12.7 Å². The van der Waals surface area contributed by atoms with Gasteiger partial charge in [0.2, 0.25) is 0 Å². The predicted octanol–water partition coefficient (Wildman–Crippen LogP) is 8.13. The lowest BCUT2D eigenvalue weighted by atomic mass is 9.85. The number of carbonyl (C=O) groups is 2. The summed E-state index contributed by atoms with van der Waals surface area (Å²) in [6.07, 6.45) is 40.4. The Morgan fingerprint density at radius 2 is 0.985 bits per heavy atom. The molecular weight excluding hydrogens is 868 g/mol. The van der Waals surface area contributed by atoms with E-state index in [1.165, 1.54) is 0 Å². The Morgan fingerprint density at radius 3 is 1.47 bits per heavy atom. The first kappa shape index (κ1) is 60.0. The van der Waals surface area contributed by atoms with Crippen LogP contribution in [0.25, 0.3) is 0 Å². The maximum absolute atomic E-state index is 12.8. The number of phosphoric acid groups is 1. The maximum atomic E-state index is 12.8. The van der Waals surface area contributed by atoms with Crippen molar-refractivity contribution in [2.24, 2.45) is 0 Å². The van der Waals surface area contributed by atoms with E-state index in [0.717, 1.165) is 44.9 Å². The van der Waals surface area contributed by atoms with Crippen molar-refractivity contribution >= 4 is 19.8 Å². The van der Waals surface area contributed by atoms with Crippen molar-refractivity contribution in [3.63, 3.8) is 0 Å². The molecule has 7 N–H and O–H groups in total. The number of hydrogen-bond donors (Lipinski definition) is 7. The van der Waals surface area contributed by atoms with Crippen LogP contribution < -0.4 is 0 Å². The van der Waals surface area contributed by atoms with Gasteiger partial charge in [0.1, 0.15) is 43.2 Å². The van der Waals surface area contributed by atoms with Crippen LogP contribution in [0.3, 0.4) is 0 Å². The smallest absolute Gasteiger partial charge is 0.462 e. The molecule has 0 bridgehead atoms. The molecule has 3 unspecified atom stereocenters. The highest BCUT2D eigenvalue weighted by Crippen LogP contribution is 2.47. The van der Waals surface area contributed by atoms with E-state index in [0.29, 0.717) is 38.5 Å². The molecule has 0 aromatic heterocycles. The summed E-state index contributed by atoms with van der Waals surface area (Å²) in [4.78, 5) is 35.7. The zero-order chi connectivity index (χ0) is 48.7. The third-order valence-corrected chi connectivity index (χ3v) is 10.6. The van der Waals surface area contributed by atoms with Crippen molar-refractivity contribution in [1.82, 2.24) is 0 Å². The zero-order valence-corrected chi connectivity index (χ0v) is 39.7. The average molecular weight is 945 g/mol. The molecule has 370 valence electrons. The molecule has 0 aromatic rings. The van der Waals surface area contributed by atoms with Gasteiger partial charge in [-0.05, 0) is 83.5 Å². The first-order valence-corrected chi connectivity index (χ1v) is 24.6. The number of aliphatic hydroxyl groups excluding tert-OH is 6. The molecule has 0 heterocycles. The van der Waals surface area contributed by atoms with Crippen molar-refractivity contribution in [3.8, 4) is 0 Å². The fourth-order valence-corrected chi connectivity index (χ4v) is 6.80. The van der Waals surface area contributed by atoms with Gasteiger partial charge in [-0.2, -0.15) is 0 Å². The Balaban J connectivity index is 2.58. The summed E-state index contributed by atoms with van der Waals surface area (Å²) in [7, 11) is -5.17. The number of allylic oxidation sites excluding steroid dienone is 21. The summed E-state index contributed by atoms with van der Waals surface area (Å²) in [5, 5.41) is 59.6. The average Bonchev–Trinajstić information content (AvgIpc) is 3.30. The molecule has 1 fully saturated rings. The number of hydrogen-bond acceptors (Lipinski definition) is 13. The van der Waals surface area contributed by atoms with E-state index >= 15 is 0 Å². The number of rotatable bonds is 35. The van der Waals surface area contributed by atoms with Crippen LogP contribution in [0.1, 0.15) is 110 Å². The second-order valence-corrected chi connectivity index (χ2v) is 16.7. The van der Waals surface area contributed by atoms with Gasteiger partial charge in [-0.3, -0.25) is 18.6 Å². The molecule has 14 nitrogen and oxygen atoms in total. The number of aliphatic hydroxyl groups is 6. The Bertz CT molecular complexity index is 1670. The van der Waals surface area contributed by atoms with Gasteiger partial charge in [0.25, 0.3) is 0 Å². The van der Waals surface area contributed by atoms with Crippen LogP contribution in [0.5, 0.6) is 0 Å². The van der Waals surface area contributed by atoms with Gasteiger partial charge in [0, 0.05) is 12.8 Å². The van der Waals surface area contributed by atoms with Gasteiger partial charge in [0.15, 0.2) is 6.10 Å². The first-order chi connectivity index (χ1) is 31.8. The fourth-order valence-electron chi connectivity index (χ4n) is 5.83. The van der Waals surface area contributed by atoms with Gasteiger partial charge in [-0.15, -0.1) is 0 Å². The summed E-state index contributed by atoms with van der Waals surface area (Å²) in [6.45, 7) is 2.72. The lowest BCUT2D eigenvalue weighted by Gasteiger charge is -2.41. The first-order valence-electron chi connectivity index (χ1n) is 23.1. The van der Waals surface area contributed by atoms with E-state index in [1.807, 2.05) is 67.7 Å². The third-order valence-electron chi connectivity index (χ3n) is 9.66. The van der Waals surface area contributed by atoms with Crippen LogP contribution in [0.15, 0.2) is 134 Å². The molecule has 1 aliphatic carbocycles. The van der Waals surface area contributed by atoms with Gasteiger partial charge < -0.3 is 45.0 Å². The van der Waals surface area contributed by atoms with E-state index in [-0.39, 0.29) is 12.8 Å². The second-order valence-electron chi connectivity index (χ2n) is 15.3. The van der Waals surface area contributed by atoms with Crippen LogP contribution in [-0.4, -0.2) is 110 Å². The Morgan fingerprint density at radius 1 is 0.545 bits per heavy atom. The topological polar surface area (TPSA) is 230 Å². The molecule has 66 heavy (non-hydrogen) atoms. The molecule has 0 spiro atoms. The molecule has 0 saturated heterocycles. The summed E-state index contributed by atoms with van der Waals surface area (Å²) in [5.74, 6) is -1.30. The van der Waals surface area contributed by atoms with E-state index in [9.17, 15) is 49.7 Å². The standard InChI is InChI=1S/C51H77O14P/c1-3-5-6-7-8-9-10-11-12-13-14-15-16-20-23-26-29-32-35-38-44(53)62-40-43(41-63-66(60,61)65-51-49(58)47(56)46(55)48(57)50(51)59)64-45(54)39-36-33-30-27-24-21-18-17-19-22-25-28-31-34-37-42(52)4-2/h5-6,8-9,11-12,14-15,18-23,27-32,34,37,42-43,46-52,55-59H,3-4,7,10,13,16-17,24-26,33,35-36,38-41H2,1-2H3,(H,60,61)/b6-5-,9-8-,12-11-,15-14-,21-18-,22-19-,23-20-,30-27-,31-28-,32-29-,37-34+/t42-,43-,46?,47-,48+,49-,50-,51?/m1/s1. The second kappa shape index (κ2) is 39.0. The van der Waals surface area contributed by atoms with Crippen LogP contribution in [0.4, 0.5) is 0 Å². The highest BCUT2D eigenvalue weighted by molar-refractivity contribution is 7.47. The van der Waals surface area contributed by atoms with Gasteiger partial charge in [-0.25, -0.2) is 4.57 Å². The Hall–Kier alpha value is -4.05. The molecule has 1 aliphatic rings. The van der Waals surface area contributed by atoms with Crippen LogP contribution >= 0.6 is 7.82 Å². The minimum Gasteiger partial charge on any atom is -0.462 e. The highest BCUT2D eigenvalue weighted by atomic mass is 31.2. The van der Waals surface area contributed by atoms with E-state index in [2.05, 4.69) is 73.8 Å². The van der Waals surface area contributed by atoms with Crippen molar-refractivity contribution in [1.29, 1.82) is 0 Å². The molecule has 0 amide bonds. The van der Waals surface area contributed by atoms with Crippen molar-refractivity contribution < 1.29 is 68.2 Å². The normalized spacial score (nSPS) is 23.0. The Labute approximate surface area is 392 Å². The summed E-state index contributed by atoms with van der Waals surface area (Å²) >= 11 is 0. The summed E-state index contributed by atoms with van der Waals surface area (Å²) in [5.41, 5.74) is 0. The molecule has 0 aliphatic heterocycles. The number of phosphoric ester groups is 1. The van der Waals surface area contributed by atoms with Crippen LogP contribution in [0, 0.1) is 0 Å². The van der Waals surface area contributed by atoms with E-state index in [4.69, 9.17) is 18.5 Å². The largest absolute Gasteiger partial charge is 0.472 e. The lowest BCUT2D eigenvalue weighted by molar-refractivity contribution is -0.220. The van der Waals surface area contributed by atoms with E-state index < -0.39 is 81.8 Å².